The van der Waals surface area contributed by atoms with Crippen molar-refractivity contribution in [3.8, 4) is 0 Å². The molecular weight excluding hydrogens is 272 g/mol. The number of pyridine rings is 1. The fourth-order valence-electron chi connectivity index (χ4n) is 1.52. The molecular formula is C11H13F2N5S. The maximum Gasteiger partial charge on any atom is 0.178 e. The average Bonchev–Trinajstić information content (AvgIpc) is 2.78. The van der Waals surface area contributed by atoms with Crippen molar-refractivity contribution < 1.29 is 8.78 Å². The maximum atomic E-state index is 13.4. The predicted octanol–water partition coefficient (Wildman–Crippen LogP) is 2.06. The van der Waals surface area contributed by atoms with Crippen LogP contribution in [0.1, 0.15) is 10.7 Å². The number of nitrogens with two attached hydrogens (primary N) is 1. The quantitative estimate of drug-likeness (QED) is 0.579. The molecule has 102 valence electrons. The minimum Gasteiger partial charge on any atom is -0.367 e. The van der Waals surface area contributed by atoms with E-state index in [-0.39, 0.29) is 11.6 Å². The Kier molecular flexibility index (Phi) is 4.23. The van der Waals surface area contributed by atoms with E-state index in [0.717, 1.165) is 16.8 Å². The first-order valence-electron chi connectivity index (χ1n) is 5.57. The zero-order chi connectivity index (χ0) is 13.8. The smallest absolute Gasteiger partial charge is 0.178 e. The van der Waals surface area contributed by atoms with Crippen LogP contribution in [0, 0.1) is 18.6 Å². The van der Waals surface area contributed by atoms with Crippen LogP contribution in [0.4, 0.5) is 20.4 Å². The Hall–Kier alpha value is -1.80. The van der Waals surface area contributed by atoms with Gasteiger partial charge in [-0.05, 0) is 6.92 Å². The molecule has 0 spiro atoms. The Balaban J connectivity index is 1.99. The molecule has 0 saturated carbocycles. The number of nitrogens with zero attached hydrogens (tertiary/aromatic N) is 2. The summed E-state index contributed by atoms with van der Waals surface area (Å²) < 4.78 is 26.6. The molecule has 0 amide bonds. The van der Waals surface area contributed by atoms with Gasteiger partial charge in [0.2, 0.25) is 0 Å². The monoisotopic (exact) mass is 285 g/mol. The molecule has 0 fully saturated rings. The minimum absolute atomic E-state index is 0.0405. The molecule has 2 heterocycles. The van der Waals surface area contributed by atoms with Crippen molar-refractivity contribution in [1.29, 1.82) is 0 Å². The van der Waals surface area contributed by atoms with E-state index in [2.05, 4.69) is 20.7 Å². The predicted molar refractivity (Wildman–Crippen MR) is 71.0 cm³/mol. The van der Waals surface area contributed by atoms with Crippen molar-refractivity contribution in [2.75, 3.05) is 17.3 Å². The van der Waals surface area contributed by atoms with Crippen LogP contribution >= 0.6 is 11.3 Å². The van der Waals surface area contributed by atoms with Gasteiger partial charge in [0.05, 0.1) is 10.7 Å². The number of nitrogens with one attached hydrogen (secondary N) is 2. The standard InChI is InChI=1S/C11H13F2N5S/c1-6-16-7(5-19-6)2-3-15-10-8(12)4-9(13)11(17-10)18-14/h4-5H,2-3,14H2,1H3,(H2,15,17,18). The molecule has 4 N–H and O–H groups in total. The highest BCUT2D eigenvalue weighted by atomic mass is 32.1. The number of anilines is 2. The highest BCUT2D eigenvalue weighted by Gasteiger charge is 2.10. The SMILES string of the molecule is Cc1nc(CCNc2nc(NN)c(F)cc2F)cs1. The Morgan fingerprint density at radius 1 is 1.26 bits per heavy atom. The number of hydrazine groups is 1. The van der Waals surface area contributed by atoms with Gasteiger partial charge < -0.3 is 10.7 Å². The van der Waals surface area contributed by atoms with Gasteiger partial charge in [-0.25, -0.2) is 24.6 Å². The summed E-state index contributed by atoms with van der Waals surface area (Å²) in [5, 5.41) is 5.71. The molecule has 19 heavy (non-hydrogen) atoms. The zero-order valence-corrected chi connectivity index (χ0v) is 11.0. The maximum absolute atomic E-state index is 13.4. The van der Waals surface area contributed by atoms with E-state index >= 15 is 0 Å². The van der Waals surface area contributed by atoms with E-state index in [0.29, 0.717) is 13.0 Å². The van der Waals surface area contributed by atoms with Crippen molar-refractivity contribution in [2.45, 2.75) is 13.3 Å². The summed E-state index contributed by atoms with van der Waals surface area (Å²) in [6.07, 6.45) is 0.633. The molecule has 2 aromatic rings. The fourth-order valence-corrected chi connectivity index (χ4v) is 2.17. The highest BCUT2D eigenvalue weighted by molar-refractivity contribution is 7.09. The number of aromatic nitrogens is 2. The molecule has 2 aromatic heterocycles. The third-order valence-electron chi connectivity index (χ3n) is 2.41. The van der Waals surface area contributed by atoms with E-state index in [1.54, 1.807) is 11.3 Å². The topological polar surface area (TPSA) is 75.9 Å². The molecule has 0 aromatic carbocycles. The van der Waals surface area contributed by atoms with Gasteiger partial charge in [-0.15, -0.1) is 11.3 Å². The Labute approximate surface area is 112 Å². The number of nitrogen functional groups attached to an aromatic ring is 1. The van der Waals surface area contributed by atoms with E-state index in [1.165, 1.54) is 0 Å². The summed E-state index contributed by atoms with van der Waals surface area (Å²) in [5.74, 6) is 3.25. The van der Waals surface area contributed by atoms with Gasteiger partial charge in [-0.2, -0.15) is 0 Å². The molecule has 0 saturated heterocycles. The molecule has 0 aliphatic carbocycles. The van der Waals surface area contributed by atoms with Crippen molar-refractivity contribution in [1.82, 2.24) is 9.97 Å². The number of hydrogen-bond donors (Lipinski definition) is 3. The number of halogens is 2. The van der Waals surface area contributed by atoms with Crippen LogP contribution in [0.2, 0.25) is 0 Å². The van der Waals surface area contributed by atoms with Crippen LogP contribution < -0.4 is 16.6 Å². The molecule has 5 nitrogen and oxygen atoms in total. The molecule has 0 bridgehead atoms. The van der Waals surface area contributed by atoms with E-state index in [9.17, 15) is 8.78 Å². The van der Waals surface area contributed by atoms with Crippen molar-refractivity contribution in [3.63, 3.8) is 0 Å². The summed E-state index contributed by atoms with van der Waals surface area (Å²) in [7, 11) is 0. The van der Waals surface area contributed by atoms with Gasteiger partial charge in [0, 0.05) is 24.4 Å². The molecule has 0 unspecified atom stereocenters. The normalized spacial score (nSPS) is 10.5. The van der Waals surface area contributed by atoms with Crippen molar-refractivity contribution in [3.05, 3.63) is 33.8 Å². The average molecular weight is 285 g/mol. The molecule has 0 aliphatic heterocycles. The minimum atomic E-state index is -0.833. The first-order chi connectivity index (χ1) is 9.10. The Bertz CT molecular complexity index is 572. The van der Waals surface area contributed by atoms with E-state index in [1.807, 2.05) is 12.3 Å². The van der Waals surface area contributed by atoms with Gasteiger partial charge in [0.15, 0.2) is 23.3 Å². The van der Waals surface area contributed by atoms with Gasteiger partial charge in [-0.1, -0.05) is 0 Å². The van der Waals surface area contributed by atoms with Crippen LogP contribution in [0.15, 0.2) is 11.4 Å². The largest absolute Gasteiger partial charge is 0.367 e. The number of aryl methyl sites for hydroxylation is 1. The third-order valence-corrected chi connectivity index (χ3v) is 3.23. The van der Waals surface area contributed by atoms with E-state index in [4.69, 9.17) is 5.84 Å². The molecule has 0 atom stereocenters. The zero-order valence-electron chi connectivity index (χ0n) is 10.2. The first-order valence-corrected chi connectivity index (χ1v) is 6.45. The summed E-state index contributed by atoms with van der Waals surface area (Å²) in [4.78, 5) is 8.00. The Morgan fingerprint density at radius 3 is 2.63 bits per heavy atom. The van der Waals surface area contributed by atoms with Crippen LogP contribution in [0.25, 0.3) is 0 Å². The summed E-state index contributed by atoms with van der Waals surface area (Å²) >= 11 is 1.56. The first kappa shape index (κ1) is 13.6. The lowest BCUT2D eigenvalue weighted by atomic mass is 10.3. The molecule has 8 heteroatoms. The van der Waals surface area contributed by atoms with Gasteiger partial charge in [0.25, 0.3) is 0 Å². The Morgan fingerprint density at radius 2 is 2.00 bits per heavy atom. The highest BCUT2D eigenvalue weighted by Crippen LogP contribution is 2.18. The second-order valence-corrected chi connectivity index (χ2v) is 4.89. The van der Waals surface area contributed by atoms with Gasteiger partial charge in [-0.3, -0.25) is 0 Å². The van der Waals surface area contributed by atoms with Gasteiger partial charge in [0.1, 0.15) is 0 Å². The molecule has 0 aliphatic rings. The summed E-state index contributed by atoms with van der Waals surface area (Å²) in [6, 6.07) is 0.734. The lowest BCUT2D eigenvalue weighted by molar-refractivity contribution is 0.578. The summed E-state index contributed by atoms with van der Waals surface area (Å²) in [5.41, 5.74) is 3.00. The third kappa shape index (κ3) is 3.36. The number of thiazole rings is 1. The fraction of sp³-hybridized carbons (Fsp3) is 0.273. The van der Waals surface area contributed by atoms with Crippen molar-refractivity contribution in [2.24, 2.45) is 5.84 Å². The van der Waals surface area contributed by atoms with Gasteiger partial charge >= 0.3 is 0 Å². The number of hydrogen-bond acceptors (Lipinski definition) is 6. The second kappa shape index (κ2) is 5.89. The van der Waals surface area contributed by atoms with E-state index < -0.39 is 11.6 Å². The molecule has 2 rings (SSSR count). The second-order valence-electron chi connectivity index (χ2n) is 3.83. The lowest BCUT2D eigenvalue weighted by Crippen LogP contribution is -2.14. The van der Waals surface area contributed by atoms with Crippen LogP contribution in [0.3, 0.4) is 0 Å². The summed E-state index contributed by atoms with van der Waals surface area (Å²) in [6.45, 7) is 2.37. The van der Waals surface area contributed by atoms with Crippen LogP contribution in [-0.2, 0) is 6.42 Å². The lowest BCUT2D eigenvalue weighted by Gasteiger charge is -2.08. The van der Waals surface area contributed by atoms with Crippen LogP contribution in [-0.4, -0.2) is 16.5 Å². The van der Waals surface area contributed by atoms with Crippen LogP contribution in [0.5, 0.6) is 0 Å². The molecule has 0 radical (unpaired) electrons. The van der Waals surface area contributed by atoms with Crippen molar-refractivity contribution >= 4 is 23.0 Å². The number of rotatable bonds is 5.